The van der Waals surface area contributed by atoms with Gasteiger partial charge in [-0.3, -0.25) is 0 Å². The van der Waals surface area contributed by atoms with Crippen LogP contribution in [0.4, 0.5) is 0 Å². The molecular formula is C16H16O4S. The highest BCUT2D eigenvalue weighted by molar-refractivity contribution is 7.98. The molecule has 2 aromatic rings. The molecule has 0 bridgehead atoms. The number of thioether (sulfide) groups is 1. The third kappa shape index (κ3) is 3.92. The van der Waals surface area contributed by atoms with Crippen LogP contribution in [-0.4, -0.2) is 24.4 Å². The Labute approximate surface area is 127 Å². The summed E-state index contributed by atoms with van der Waals surface area (Å²) in [4.78, 5) is 12.2. The first-order valence-electron chi connectivity index (χ1n) is 6.31. The van der Waals surface area contributed by atoms with E-state index in [2.05, 4.69) is 0 Å². The van der Waals surface area contributed by atoms with Crippen molar-refractivity contribution in [2.24, 2.45) is 0 Å². The highest BCUT2D eigenvalue weighted by Gasteiger charge is 2.10. The van der Waals surface area contributed by atoms with Crippen LogP contribution in [0.5, 0.6) is 11.5 Å². The number of ether oxygens (including phenoxy) is 2. The van der Waals surface area contributed by atoms with Crippen LogP contribution < -0.4 is 9.47 Å². The molecule has 21 heavy (non-hydrogen) atoms. The van der Waals surface area contributed by atoms with Gasteiger partial charge in [-0.15, -0.1) is 11.8 Å². The molecule has 0 saturated heterocycles. The zero-order valence-electron chi connectivity index (χ0n) is 11.8. The third-order valence-electron chi connectivity index (χ3n) is 2.96. The van der Waals surface area contributed by atoms with Gasteiger partial charge in [0.2, 0.25) is 0 Å². The van der Waals surface area contributed by atoms with Crippen LogP contribution in [0.2, 0.25) is 0 Å². The van der Waals surface area contributed by atoms with Crippen molar-refractivity contribution in [1.29, 1.82) is 0 Å². The molecule has 4 nitrogen and oxygen atoms in total. The molecule has 5 heteroatoms. The van der Waals surface area contributed by atoms with Crippen molar-refractivity contribution in [1.82, 2.24) is 0 Å². The molecule has 0 aliphatic carbocycles. The van der Waals surface area contributed by atoms with E-state index < -0.39 is 5.97 Å². The lowest BCUT2D eigenvalue weighted by Gasteiger charge is -2.11. The summed E-state index contributed by atoms with van der Waals surface area (Å²) in [7, 11) is 1.52. The van der Waals surface area contributed by atoms with Crippen molar-refractivity contribution in [3.8, 4) is 11.5 Å². The Hall–Kier alpha value is -2.14. The van der Waals surface area contributed by atoms with E-state index in [1.54, 1.807) is 17.8 Å². The maximum atomic E-state index is 11.0. The summed E-state index contributed by atoms with van der Waals surface area (Å²) in [6, 6.07) is 12.6. The Kier molecular flexibility index (Phi) is 5.11. The van der Waals surface area contributed by atoms with Crippen LogP contribution in [0.15, 0.2) is 47.4 Å². The molecule has 0 amide bonds. The van der Waals surface area contributed by atoms with Crippen molar-refractivity contribution >= 4 is 17.7 Å². The second-order valence-electron chi connectivity index (χ2n) is 4.31. The van der Waals surface area contributed by atoms with Crippen LogP contribution in [0.25, 0.3) is 0 Å². The molecular weight excluding hydrogens is 288 g/mol. The van der Waals surface area contributed by atoms with E-state index in [0.29, 0.717) is 18.1 Å². The van der Waals surface area contributed by atoms with Gasteiger partial charge in [0, 0.05) is 4.90 Å². The highest BCUT2D eigenvalue weighted by atomic mass is 32.2. The summed E-state index contributed by atoms with van der Waals surface area (Å²) in [5.74, 6) is -0.0566. The lowest BCUT2D eigenvalue weighted by molar-refractivity contribution is 0.0696. The third-order valence-corrected chi connectivity index (χ3v) is 3.71. The first-order chi connectivity index (χ1) is 10.1. The Balaban J connectivity index is 2.13. The largest absolute Gasteiger partial charge is 0.493 e. The molecule has 0 spiro atoms. The van der Waals surface area contributed by atoms with Crippen molar-refractivity contribution in [3.05, 3.63) is 53.6 Å². The minimum atomic E-state index is -0.994. The standard InChI is InChI=1S/C16H16O4S/c1-19-14-8-5-12(16(17)18)9-15(14)20-10-11-3-6-13(21-2)7-4-11/h3-9H,10H2,1-2H3,(H,17,18). The minimum Gasteiger partial charge on any atom is -0.493 e. The summed E-state index contributed by atoms with van der Waals surface area (Å²) >= 11 is 1.68. The van der Waals surface area contributed by atoms with Gasteiger partial charge in [-0.05, 0) is 42.2 Å². The molecule has 110 valence electrons. The average Bonchev–Trinajstić information content (AvgIpc) is 2.53. The monoisotopic (exact) mass is 304 g/mol. The summed E-state index contributed by atoms with van der Waals surface area (Å²) in [5, 5.41) is 9.02. The molecule has 0 atom stereocenters. The molecule has 0 radical (unpaired) electrons. The first kappa shape index (κ1) is 15.3. The van der Waals surface area contributed by atoms with Crippen molar-refractivity contribution in [3.63, 3.8) is 0 Å². The molecule has 0 fully saturated rings. The second kappa shape index (κ2) is 7.04. The Morgan fingerprint density at radius 3 is 2.43 bits per heavy atom. The molecule has 0 heterocycles. The van der Waals surface area contributed by atoms with Gasteiger partial charge in [-0.2, -0.15) is 0 Å². The van der Waals surface area contributed by atoms with Gasteiger partial charge in [0.15, 0.2) is 11.5 Å². The maximum Gasteiger partial charge on any atom is 0.335 e. The molecule has 0 aliphatic heterocycles. The number of aromatic carboxylic acids is 1. The van der Waals surface area contributed by atoms with Gasteiger partial charge in [0.05, 0.1) is 12.7 Å². The molecule has 2 aromatic carbocycles. The Morgan fingerprint density at radius 2 is 1.86 bits per heavy atom. The fourth-order valence-electron chi connectivity index (χ4n) is 1.81. The van der Waals surface area contributed by atoms with E-state index in [-0.39, 0.29) is 5.56 Å². The molecule has 1 N–H and O–H groups in total. The zero-order valence-corrected chi connectivity index (χ0v) is 12.6. The van der Waals surface area contributed by atoms with E-state index in [1.165, 1.54) is 24.1 Å². The van der Waals surface area contributed by atoms with Crippen LogP contribution in [-0.2, 0) is 6.61 Å². The fourth-order valence-corrected chi connectivity index (χ4v) is 2.21. The smallest absolute Gasteiger partial charge is 0.335 e. The predicted octanol–water partition coefficient (Wildman–Crippen LogP) is 3.69. The van der Waals surface area contributed by atoms with Gasteiger partial charge >= 0.3 is 5.97 Å². The number of rotatable bonds is 6. The number of hydrogen-bond donors (Lipinski definition) is 1. The van der Waals surface area contributed by atoms with Gasteiger partial charge in [0.25, 0.3) is 0 Å². The van der Waals surface area contributed by atoms with Crippen molar-refractivity contribution in [2.75, 3.05) is 13.4 Å². The normalized spacial score (nSPS) is 10.2. The van der Waals surface area contributed by atoms with E-state index in [9.17, 15) is 4.79 Å². The van der Waals surface area contributed by atoms with Gasteiger partial charge in [-0.1, -0.05) is 12.1 Å². The maximum absolute atomic E-state index is 11.0. The lowest BCUT2D eigenvalue weighted by atomic mass is 10.2. The minimum absolute atomic E-state index is 0.170. The number of hydrogen-bond acceptors (Lipinski definition) is 4. The first-order valence-corrected chi connectivity index (χ1v) is 7.53. The van der Waals surface area contributed by atoms with E-state index in [1.807, 2.05) is 30.5 Å². The van der Waals surface area contributed by atoms with Gasteiger partial charge in [0.1, 0.15) is 6.61 Å². The van der Waals surface area contributed by atoms with Gasteiger partial charge in [-0.25, -0.2) is 4.79 Å². The zero-order chi connectivity index (χ0) is 15.2. The fraction of sp³-hybridized carbons (Fsp3) is 0.188. The van der Waals surface area contributed by atoms with Crippen LogP contribution in [0, 0.1) is 0 Å². The highest BCUT2D eigenvalue weighted by Crippen LogP contribution is 2.29. The SMILES string of the molecule is COc1ccc(C(=O)O)cc1OCc1ccc(SC)cc1. The molecule has 0 saturated carbocycles. The average molecular weight is 304 g/mol. The quantitative estimate of drug-likeness (QED) is 0.825. The molecule has 2 rings (SSSR count). The topological polar surface area (TPSA) is 55.8 Å². The summed E-state index contributed by atoms with van der Waals surface area (Å²) in [6.07, 6.45) is 2.02. The molecule has 0 aromatic heterocycles. The summed E-state index contributed by atoms with van der Waals surface area (Å²) in [6.45, 7) is 0.355. The number of methoxy groups -OCH3 is 1. The van der Waals surface area contributed by atoms with Crippen LogP contribution in [0.3, 0.4) is 0 Å². The predicted molar refractivity (Wildman–Crippen MR) is 82.5 cm³/mol. The summed E-state index contributed by atoms with van der Waals surface area (Å²) < 4.78 is 10.9. The summed E-state index contributed by atoms with van der Waals surface area (Å²) in [5.41, 5.74) is 1.18. The van der Waals surface area contributed by atoms with Crippen molar-refractivity contribution in [2.45, 2.75) is 11.5 Å². The van der Waals surface area contributed by atoms with Crippen LogP contribution >= 0.6 is 11.8 Å². The molecule has 0 unspecified atom stereocenters. The number of carboxylic acids is 1. The Morgan fingerprint density at radius 1 is 1.14 bits per heavy atom. The number of benzene rings is 2. The second-order valence-corrected chi connectivity index (χ2v) is 5.19. The lowest BCUT2D eigenvalue weighted by Crippen LogP contribution is -2.01. The molecule has 0 aliphatic rings. The van der Waals surface area contributed by atoms with E-state index in [4.69, 9.17) is 14.6 Å². The van der Waals surface area contributed by atoms with E-state index in [0.717, 1.165) is 5.56 Å². The number of carboxylic acid groups (broad SMARTS) is 1. The van der Waals surface area contributed by atoms with Crippen LogP contribution in [0.1, 0.15) is 15.9 Å². The van der Waals surface area contributed by atoms with Gasteiger partial charge < -0.3 is 14.6 Å². The van der Waals surface area contributed by atoms with E-state index >= 15 is 0 Å². The Bertz CT molecular complexity index is 623. The number of carbonyl (C=O) groups is 1. The van der Waals surface area contributed by atoms with Crippen molar-refractivity contribution < 1.29 is 19.4 Å².